The van der Waals surface area contributed by atoms with Gasteiger partial charge >= 0.3 is 0 Å². The molecule has 0 saturated carbocycles. The van der Waals surface area contributed by atoms with Crippen molar-refractivity contribution in [3.8, 4) is 11.5 Å². The molecular formula is C15H26N2O2. The van der Waals surface area contributed by atoms with Crippen LogP contribution in [0.5, 0.6) is 11.5 Å². The van der Waals surface area contributed by atoms with Gasteiger partial charge in [-0.25, -0.2) is 0 Å². The third-order valence-corrected chi connectivity index (χ3v) is 3.27. The Balaban J connectivity index is 2.44. The largest absolute Gasteiger partial charge is 0.497 e. The first-order valence-corrected chi connectivity index (χ1v) is 6.93. The molecule has 0 aliphatic rings. The van der Waals surface area contributed by atoms with E-state index in [4.69, 9.17) is 9.47 Å². The second kappa shape index (κ2) is 8.64. The van der Waals surface area contributed by atoms with Gasteiger partial charge < -0.3 is 19.7 Å². The maximum Gasteiger partial charge on any atom is 0.145 e. The molecule has 0 unspecified atom stereocenters. The van der Waals surface area contributed by atoms with Crippen LogP contribution in [0.15, 0.2) is 18.2 Å². The molecule has 1 aromatic rings. The number of anilines is 1. The topological polar surface area (TPSA) is 33.7 Å². The van der Waals surface area contributed by atoms with E-state index < -0.39 is 0 Å². The molecule has 0 fully saturated rings. The highest BCUT2D eigenvalue weighted by molar-refractivity contribution is 5.59. The van der Waals surface area contributed by atoms with Crippen molar-refractivity contribution in [2.75, 3.05) is 45.7 Å². The lowest BCUT2D eigenvalue weighted by Crippen LogP contribution is -2.25. The van der Waals surface area contributed by atoms with E-state index in [2.05, 4.69) is 24.1 Å². The SMILES string of the molecule is CCN(CC)CCCNc1ccc(OC)cc1OC. The molecule has 0 atom stereocenters. The summed E-state index contributed by atoms with van der Waals surface area (Å²) in [4.78, 5) is 2.42. The zero-order chi connectivity index (χ0) is 14.1. The Kier molecular flexibility index (Phi) is 7.11. The quantitative estimate of drug-likeness (QED) is 0.697. The Morgan fingerprint density at radius 3 is 2.42 bits per heavy atom. The van der Waals surface area contributed by atoms with Gasteiger partial charge in [0, 0.05) is 12.6 Å². The van der Waals surface area contributed by atoms with Gasteiger partial charge in [0.1, 0.15) is 11.5 Å². The van der Waals surface area contributed by atoms with Crippen LogP contribution in [0.3, 0.4) is 0 Å². The molecule has 0 aliphatic heterocycles. The predicted molar refractivity (Wildman–Crippen MR) is 80.4 cm³/mol. The normalized spacial score (nSPS) is 10.6. The molecule has 0 bridgehead atoms. The molecule has 0 heterocycles. The van der Waals surface area contributed by atoms with E-state index in [0.29, 0.717) is 0 Å². The van der Waals surface area contributed by atoms with Gasteiger partial charge in [-0.2, -0.15) is 0 Å². The fraction of sp³-hybridized carbons (Fsp3) is 0.600. The molecule has 4 heteroatoms. The van der Waals surface area contributed by atoms with E-state index in [-0.39, 0.29) is 0 Å². The van der Waals surface area contributed by atoms with Gasteiger partial charge in [0.2, 0.25) is 0 Å². The third kappa shape index (κ3) is 4.99. The Morgan fingerprint density at radius 1 is 1.11 bits per heavy atom. The first-order valence-electron chi connectivity index (χ1n) is 6.93. The standard InChI is InChI=1S/C15H26N2O2/c1-5-17(6-2)11-7-10-16-14-9-8-13(18-3)12-15(14)19-4/h8-9,12,16H,5-7,10-11H2,1-4H3. The highest BCUT2D eigenvalue weighted by Crippen LogP contribution is 2.28. The lowest BCUT2D eigenvalue weighted by Gasteiger charge is -2.18. The van der Waals surface area contributed by atoms with E-state index in [1.54, 1.807) is 14.2 Å². The molecule has 0 aliphatic carbocycles. The van der Waals surface area contributed by atoms with Crippen molar-refractivity contribution < 1.29 is 9.47 Å². The molecule has 0 amide bonds. The van der Waals surface area contributed by atoms with Gasteiger partial charge in [0.15, 0.2) is 0 Å². The Labute approximate surface area is 116 Å². The summed E-state index contributed by atoms with van der Waals surface area (Å²) in [6.45, 7) is 8.69. The molecule has 19 heavy (non-hydrogen) atoms. The zero-order valence-electron chi connectivity index (χ0n) is 12.5. The van der Waals surface area contributed by atoms with Crippen LogP contribution < -0.4 is 14.8 Å². The fourth-order valence-corrected chi connectivity index (χ4v) is 2.01. The Morgan fingerprint density at radius 2 is 1.84 bits per heavy atom. The van der Waals surface area contributed by atoms with Crippen LogP contribution in [0, 0.1) is 0 Å². The smallest absolute Gasteiger partial charge is 0.145 e. The first-order chi connectivity index (χ1) is 9.24. The number of hydrogen-bond donors (Lipinski definition) is 1. The number of nitrogens with one attached hydrogen (secondary N) is 1. The van der Waals surface area contributed by atoms with E-state index in [1.807, 2.05) is 18.2 Å². The second-order valence-electron chi connectivity index (χ2n) is 4.37. The summed E-state index contributed by atoms with van der Waals surface area (Å²) < 4.78 is 10.5. The van der Waals surface area contributed by atoms with Crippen LogP contribution in [0.4, 0.5) is 5.69 Å². The number of rotatable bonds is 9. The van der Waals surface area contributed by atoms with Crippen molar-refractivity contribution >= 4 is 5.69 Å². The van der Waals surface area contributed by atoms with Crippen molar-refractivity contribution in [3.63, 3.8) is 0 Å². The highest BCUT2D eigenvalue weighted by atomic mass is 16.5. The minimum atomic E-state index is 0.811. The molecule has 0 saturated heterocycles. The lowest BCUT2D eigenvalue weighted by atomic mass is 10.2. The van der Waals surface area contributed by atoms with Crippen LogP contribution in [-0.4, -0.2) is 45.3 Å². The van der Waals surface area contributed by atoms with Gasteiger partial charge in [-0.05, 0) is 38.2 Å². The minimum absolute atomic E-state index is 0.811. The Bertz CT molecular complexity index is 365. The summed E-state index contributed by atoms with van der Waals surface area (Å²) >= 11 is 0. The Hall–Kier alpha value is -1.42. The maximum absolute atomic E-state index is 5.36. The highest BCUT2D eigenvalue weighted by Gasteiger charge is 2.04. The van der Waals surface area contributed by atoms with Gasteiger partial charge in [-0.15, -0.1) is 0 Å². The van der Waals surface area contributed by atoms with Crippen molar-refractivity contribution in [3.05, 3.63) is 18.2 Å². The van der Waals surface area contributed by atoms with Crippen LogP contribution in [0.1, 0.15) is 20.3 Å². The molecule has 1 aromatic carbocycles. The molecule has 0 aromatic heterocycles. The number of methoxy groups -OCH3 is 2. The number of ether oxygens (including phenoxy) is 2. The van der Waals surface area contributed by atoms with Gasteiger partial charge in [-0.1, -0.05) is 13.8 Å². The monoisotopic (exact) mass is 266 g/mol. The summed E-state index contributed by atoms with van der Waals surface area (Å²) in [5.74, 6) is 1.63. The van der Waals surface area contributed by atoms with Crippen molar-refractivity contribution in [2.24, 2.45) is 0 Å². The third-order valence-electron chi connectivity index (χ3n) is 3.27. The minimum Gasteiger partial charge on any atom is -0.497 e. The van der Waals surface area contributed by atoms with Crippen LogP contribution in [0.2, 0.25) is 0 Å². The number of benzene rings is 1. The summed E-state index contributed by atoms with van der Waals surface area (Å²) in [5, 5.41) is 3.41. The average Bonchev–Trinajstić information content (AvgIpc) is 2.47. The maximum atomic E-state index is 5.36. The summed E-state index contributed by atoms with van der Waals surface area (Å²) in [5.41, 5.74) is 1.02. The van der Waals surface area contributed by atoms with E-state index >= 15 is 0 Å². The second-order valence-corrected chi connectivity index (χ2v) is 4.37. The number of nitrogens with zero attached hydrogens (tertiary/aromatic N) is 1. The van der Waals surface area contributed by atoms with Crippen LogP contribution in [0.25, 0.3) is 0 Å². The molecule has 1 N–H and O–H groups in total. The van der Waals surface area contributed by atoms with Crippen molar-refractivity contribution in [2.45, 2.75) is 20.3 Å². The van der Waals surface area contributed by atoms with Gasteiger partial charge in [-0.3, -0.25) is 0 Å². The molecular weight excluding hydrogens is 240 g/mol. The zero-order valence-corrected chi connectivity index (χ0v) is 12.5. The number of hydrogen-bond acceptors (Lipinski definition) is 4. The summed E-state index contributed by atoms with van der Waals surface area (Å²) in [6, 6.07) is 5.83. The summed E-state index contributed by atoms with van der Waals surface area (Å²) in [6.07, 6.45) is 1.12. The van der Waals surface area contributed by atoms with E-state index in [0.717, 1.165) is 49.8 Å². The lowest BCUT2D eigenvalue weighted by molar-refractivity contribution is 0.303. The van der Waals surface area contributed by atoms with Crippen molar-refractivity contribution in [1.82, 2.24) is 4.90 Å². The van der Waals surface area contributed by atoms with Gasteiger partial charge in [0.25, 0.3) is 0 Å². The van der Waals surface area contributed by atoms with Gasteiger partial charge in [0.05, 0.1) is 19.9 Å². The van der Waals surface area contributed by atoms with Crippen molar-refractivity contribution in [1.29, 1.82) is 0 Å². The van der Waals surface area contributed by atoms with Crippen LogP contribution in [-0.2, 0) is 0 Å². The molecule has 0 radical (unpaired) electrons. The molecule has 108 valence electrons. The molecule has 4 nitrogen and oxygen atoms in total. The molecule has 1 rings (SSSR count). The van der Waals surface area contributed by atoms with E-state index in [9.17, 15) is 0 Å². The fourth-order valence-electron chi connectivity index (χ4n) is 2.01. The van der Waals surface area contributed by atoms with E-state index in [1.165, 1.54) is 0 Å². The predicted octanol–water partition coefficient (Wildman–Crippen LogP) is 2.85. The first kappa shape index (κ1) is 15.6. The molecule has 0 spiro atoms. The van der Waals surface area contributed by atoms with Crippen LogP contribution >= 0.6 is 0 Å². The average molecular weight is 266 g/mol. The summed E-state index contributed by atoms with van der Waals surface area (Å²) in [7, 11) is 3.34.